The zero-order valence-corrected chi connectivity index (χ0v) is 15.7. The Morgan fingerprint density at radius 3 is 2.48 bits per heavy atom. The second-order valence-electron chi connectivity index (χ2n) is 7.42. The summed E-state index contributed by atoms with van der Waals surface area (Å²) in [6.45, 7) is 2.91. The molecule has 0 bridgehead atoms. The van der Waals surface area contributed by atoms with Crippen molar-refractivity contribution in [1.29, 1.82) is 0 Å². The molecule has 0 radical (unpaired) electrons. The Morgan fingerprint density at radius 1 is 1.00 bits per heavy atom. The second kappa shape index (κ2) is 8.57. The van der Waals surface area contributed by atoms with Crippen LogP contribution in [0, 0.1) is 0 Å². The van der Waals surface area contributed by atoms with Crippen LogP contribution in [0.1, 0.15) is 47.5 Å². The Balaban J connectivity index is 1.38. The molecule has 142 valence electrons. The minimum absolute atomic E-state index is 0.0736. The van der Waals surface area contributed by atoms with Crippen molar-refractivity contribution in [3.8, 4) is 5.75 Å². The highest BCUT2D eigenvalue weighted by Crippen LogP contribution is 2.30. The van der Waals surface area contributed by atoms with Gasteiger partial charge in [0.15, 0.2) is 0 Å². The predicted octanol–water partition coefficient (Wildman–Crippen LogP) is 4.26. The quantitative estimate of drug-likeness (QED) is 0.794. The smallest absolute Gasteiger partial charge is 0.257 e. The summed E-state index contributed by atoms with van der Waals surface area (Å²) in [7, 11) is 0. The van der Waals surface area contributed by atoms with Crippen LogP contribution in [0.3, 0.4) is 0 Å². The molecule has 2 fully saturated rings. The van der Waals surface area contributed by atoms with Crippen molar-refractivity contribution in [3.05, 3.63) is 65.7 Å². The summed E-state index contributed by atoms with van der Waals surface area (Å²) in [6, 6.07) is 18.2. The highest BCUT2D eigenvalue weighted by atomic mass is 16.5. The number of likely N-dealkylation sites (tertiary alicyclic amines) is 1. The van der Waals surface area contributed by atoms with Crippen LogP contribution < -0.4 is 4.74 Å². The van der Waals surface area contributed by atoms with E-state index in [2.05, 4.69) is 30.3 Å². The zero-order valence-electron chi connectivity index (χ0n) is 15.7. The lowest BCUT2D eigenvalue weighted by Gasteiger charge is -2.32. The molecule has 4 nitrogen and oxygen atoms in total. The molecule has 2 aromatic rings. The highest BCUT2D eigenvalue weighted by Gasteiger charge is 2.26. The van der Waals surface area contributed by atoms with Crippen LogP contribution in [0.15, 0.2) is 54.6 Å². The molecule has 2 aliphatic heterocycles. The standard InChI is InChI=1S/C23H27NO3/c25-23(24-14-12-19(13-15-24)18-7-2-1-3-8-18)21-10-4-5-11-22(21)27-17-20-9-6-16-26-20/h1-5,7-8,10-11,19-20H,6,9,12-17H2. The van der Waals surface area contributed by atoms with E-state index in [1.165, 1.54) is 5.56 Å². The largest absolute Gasteiger partial charge is 0.490 e. The average molecular weight is 365 g/mol. The van der Waals surface area contributed by atoms with Gasteiger partial charge in [-0.1, -0.05) is 42.5 Å². The van der Waals surface area contributed by atoms with E-state index in [0.29, 0.717) is 23.8 Å². The summed E-state index contributed by atoms with van der Waals surface area (Å²) in [4.78, 5) is 15.0. The van der Waals surface area contributed by atoms with Crippen LogP contribution in [-0.2, 0) is 4.74 Å². The fourth-order valence-corrected chi connectivity index (χ4v) is 4.04. The van der Waals surface area contributed by atoms with Crippen molar-refractivity contribution >= 4 is 5.91 Å². The minimum atomic E-state index is 0.0736. The van der Waals surface area contributed by atoms with Gasteiger partial charge in [0.25, 0.3) is 5.91 Å². The highest BCUT2D eigenvalue weighted by molar-refractivity contribution is 5.97. The molecule has 2 heterocycles. The minimum Gasteiger partial charge on any atom is -0.490 e. The Labute approximate surface area is 161 Å². The molecule has 27 heavy (non-hydrogen) atoms. The number of hydrogen-bond donors (Lipinski definition) is 0. The molecular weight excluding hydrogens is 338 g/mol. The third kappa shape index (κ3) is 4.33. The van der Waals surface area contributed by atoms with Gasteiger partial charge in [0.2, 0.25) is 0 Å². The van der Waals surface area contributed by atoms with E-state index in [1.807, 2.05) is 29.2 Å². The third-order valence-electron chi connectivity index (χ3n) is 5.62. The molecular formula is C23H27NO3. The van der Waals surface area contributed by atoms with Crippen molar-refractivity contribution in [2.75, 3.05) is 26.3 Å². The maximum absolute atomic E-state index is 13.1. The average Bonchev–Trinajstić information content (AvgIpc) is 3.26. The van der Waals surface area contributed by atoms with Gasteiger partial charge in [-0.3, -0.25) is 4.79 Å². The molecule has 2 aromatic carbocycles. The summed E-state index contributed by atoms with van der Waals surface area (Å²) in [5.41, 5.74) is 2.04. The van der Waals surface area contributed by atoms with Gasteiger partial charge in [-0.15, -0.1) is 0 Å². The number of carbonyl (C=O) groups is 1. The van der Waals surface area contributed by atoms with Gasteiger partial charge >= 0.3 is 0 Å². The predicted molar refractivity (Wildman–Crippen MR) is 105 cm³/mol. The fraction of sp³-hybridized carbons (Fsp3) is 0.435. The summed E-state index contributed by atoms with van der Waals surface area (Å²) in [5, 5.41) is 0. The molecule has 1 amide bonds. The van der Waals surface area contributed by atoms with Gasteiger partial charge in [-0.05, 0) is 49.3 Å². The molecule has 2 aliphatic rings. The Bertz CT molecular complexity index is 747. The van der Waals surface area contributed by atoms with Crippen molar-refractivity contribution in [3.63, 3.8) is 0 Å². The maximum Gasteiger partial charge on any atom is 0.257 e. The molecule has 2 saturated heterocycles. The first-order valence-corrected chi connectivity index (χ1v) is 9.99. The van der Waals surface area contributed by atoms with Crippen LogP contribution in [0.2, 0.25) is 0 Å². The van der Waals surface area contributed by atoms with Gasteiger partial charge in [0.05, 0.1) is 11.7 Å². The molecule has 0 saturated carbocycles. The van der Waals surface area contributed by atoms with Crippen molar-refractivity contribution in [1.82, 2.24) is 4.90 Å². The van der Waals surface area contributed by atoms with Gasteiger partial charge in [-0.2, -0.15) is 0 Å². The number of benzene rings is 2. The Morgan fingerprint density at radius 2 is 1.74 bits per heavy atom. The number of hydrogen-bond acceptors (Lipinski definition) is 3. The Hall–Kier alpha value is -2.33. The SMILES string of the molecule is O=C(c1ccccc1OCC1CCCO1)N1CCC(c2ccccc2)CC1. The Kier molecular flexibility index (Phi) is 5.73. The summed E-state index contributed by atoms with van der Waals surface area (Å²) < 4.78 is 11.6. The number of rotatable bonds is 5. The van der Waals surface area contributed by atoms with Crippen molar-refractivity contribution in [2.45, 2.75) is 37.7 Å². The summed E-state index contributed by atoms with van der Waals surface area (Å²) in [6.07, 6.45) is 4.28. The molecule has 0 spiro atoms. The van der Waals surface area contributed by atoms with Crippen LogP contribution >= 0.6 is 0 Å². The molecule has 4 heteroatoms. The molecule has 4 rings (SSSR count). The number of piperidine rings is 1. The van der Waals surface area contributed by atoms with Crippen LogP contribution in [0.25, 0.3) is 0 Å². The van der Waals surface area contributed by atoms with Crippen LogP contribution in [0.4, 0.5) is 0 Å². The molecule has 0 aromatic heterocycles. The van der Waals surface area contributed by atoms with E-state index in [4.69, 9.17) is 9.47 Å². The lowest BCUT2D eigenvalue weighted by molar-refractivity contribution is 0.0638. The van der Waals surface area contributed by atoms with Gasteiger partial charge in [0.1, 0.15) is 12.4 Å². The van der Waals surface area contributed by atoms with Gasteiger partial charge in [-0.25, -0.2) is 0 Å². The fourth-order valence-electron chi connectivity index (χ4n) is 4.04. The van der Waals surface area contributed by atoms with E-state index < -0.39 is 0 Å². The molecule has 1 atom stereocenters. The molecule has 1 unspecified atom stereocenters. The van der Waals surface area contributed by atoms with E-state index >= 15 is 0 Å². The van der Waals surface area contributed by atoms with E-state index in [1.54, 1.807) is 0 Å². The first-order valence-electron chi connectivity index (χ1n) is 9.99. The van der Waals surface area contributed by atoms with Crippen LogP contribution in [0.5, 0.6) is 5.75 Å². The normalized spacial score (nSPS) is 20.6. The van der Waals surface area contributed by atoms with Crippen molar-refractivity contribution < 1.29 is 14.3 Å². The molecule has 0 aliphatic carbocycles. The lowest BCUT2D eigenvalue weighted by Crippen LogP contribution is -2.38. The van der Waals surface area contributed by atoms with E-state index in [-0.39, 0.29) is 12.0 Å². The topological polar surface area (TPSA) is 38.8 Å². The van der Waals surface area contributed by atoms with E-state index in [9.17, 15) is 4.79 Å². The van der Waals surface area contributed by atoms with E-state index in [0.717, 1.165) is 45.4 Å². The number of ether oxygens (including phenoxy) is 2. The molecule has 0 N–H and O–H groups in total. The first kappa shape index (κ1) is 18.1. The zero-order chi connectivity index (χ0) is 18.5. The second-order valence-corrected chi connectivity index (χ2v) is 7.42. The number of nitrogens with zero attached hydrogens (tertiary/aromatic N) is 1. The lowest BCUT2D eigenvalue weighted by atomic mass is 9.89. The summed E-state index contributed by atoms with van der Waals surface area (Å²) >= 11 is 0. The third-order valence-corrected chi connectivity index (χ3v) is 5.62. The maximum atomic E-state index is 13.1. The van der Waals surface area contributed by atoms with Crippen molar-refractivity contribution in [2.24, 2.45) is 0 Å². The van der Waals surface area contributed by atoms with Crippen LogP contribution in [-0.4, -0.2) is 43.2 Å². The van der Waals surface area contributed by atoms with Gasteiger partial charge in [0, 0.05) is 19.7 Å². The first-order chi connectivity index (χ1) is 13.3. The monoisotopic (exact) mass is 365 g/mol. The number of carbonyl (C=O) groups excluding carboxylic acids is 1. The number of amides is 1. The summed E-state index contributed by atoms with van der Waals surface area (Å²) in [5.74, 6) is 1.29. The van der Waals surface area contributed by atoms with Gasteiger partial charge < -0.3 is 14.4 Å². The number of para-hydroxylation sites is 1.